The molecule has 6 amide bonds. The predicted octanol–water partition coefficient (Wildman–Crippen LogP) is 4.85. The van der Waals surface area contributed by atoms with Crippen LogP contribution in [-0.2, 0) is 55.5 Å². The SMILES string of the molecule is CCN1C(=CC=CC=CC2=[N+](CCCCC(=O)NC[C@@H]3CC4CC[C@H]5C(=O)N[C@@H](CCCN=C(N)N)C(=O)NCC(=O)N[C@@H](CC(=O)O)C(=O)N[C@H]3C(=O)N45)c3ccc4c(S(=O)O)cccc4c3C2(C)C)C(C)(C)c2c1ccc1c(C)cccc21. The second-order valence-electron chi connectivity index (χ2n) is 23.7. The van der Waals surface area contributed by atoms with E-state index in [1.165, 1.54) is 38.2 Å². The number of allylic oxidation sites excluding steroid dienone is 6. The lowest BCUT2D eigenvalue weighted by Gasteiger charge is -2.42. The van der Waals surface area contributed by atoms with Gasteiger partial charge in [-0.1, -0.05) is 68.5 Å². The van der Waals surface area contributed by atoms with Gasteiger partial charge < -0.3 is 57.5 Å². The second-order valence-corrected chi connectivity index (χ2v) is 24.6. The molecule has 5 aliphatic heterocycles. The van der Waals surface area contributed by atoms with Crippen LogP contribution in [0.25, 0.3) is 21.5 Å². The number of carboxylic acid groups (broad SMARTS) is 1. The molecule has 22 heteroatoms. The van der Waals surface area contributed by atoms with E-state index in [-0.39, 0.29) is 62.5 Å². The van der Waals surface area contributed by atoms with E-state index in [1.54, 1.807) is 12.1 Å². The summed E-state index contributed by atoms with van der Waals surface area (Å²) in [7, 11) is 0. The molecule has 7 atom stereocenters. The van der Waals surface area contributed by atoms with Crippen molar-refractivity contribution in [2.24, 2.45) is 22.4 Å². The van der Waals surface area contributed by atoms with Crippen LogP contribution in [0.5, 0.6) is 0 Å². The number of nitrogens with two attached hydrogens (primary N) is 2. The average molecular weight is 1180 g/mol. The molecule has 4 aromatic carbocycles. The Morgan fingerprint density at radius 2 is 1.58 bits per heavy atom. The van der Waals surface area contributed by atoms with E-state index in [2.05, 4.69) is 131 Å². The van der Waals surface area contributed by atoms with Gasteiger partial charge in [-0.05, 0) is 118 Å². The van der Waals surface area contributed by atoms with Crippen molar-refractivity contribution >= 4 is 97.1 Å². The Balaban J connectivity index is 0.916. The van der Waals surface area contributed by atoms with Crippen LogP contribution < -0.4 is 43.0 Å². The number of unbranched alkanes of at least 4 members (excludes halogenated alkanes) is 1. The summed E-state index contributed by atoms with van der Waals surface area (Å²) < 4.78 is 25.1. The summed E-state index contributed by atoms with van der Waals surface area (Å²) in [6.45, 7) is 14.0. The Morgan fingerprint density at radius 3 is 2.31 bits per heavy atom. The third-order valence-corrected chi connectivity index (χ3v) is 18.2. The van der Waals surface area contributed by atoms with E-state index in [9.17, 15) is 47.4 Å². The number of hydrogen-bond donors (Lipinski definition) is 9. The van der Waals surface area contributed by atoms with Crippen LogP contribution in [0.2, 0.25) is 0 Å². The molecular formula is C63H78N11O10S+. The van der Waals surface area contributed by atoms with Gasteiger partial charge in [0.25, 0.3) is 0 Å². The minimum absolute atomic E-state index is 0.0330. The number of piperidine rings is 1. The number of likely N-dealkylation sites (N-methyl/N-ethyl adjacent to an activating group) is 1. The molecule has 85 heavy (non-hydrogen) atoms. The predicted molar refractivity (Wildman–Crippen MR) is 326 cm³/mol. The first-order valence-corrected chi connectivity index (χ1v) is 30.4. The maximum Gasteiger partial charge on any atom is 0.305 e. The van der Waals surface area contributed by atoms with Crippen LogP contribution >= 0.6 is 0 Å². The molecule has 3 saturated heterocycles. The summed E-state index contributed by atoms with van der Waals surface area (Å²) in [6, 6.07) is 14.7. The number of aliphatic imine (C=N–C) groups is 1. The molecule has 11 N–H and O–H groups in total. The molecule has 5 aliphatic rings. The Labute approximate surface area is 497 Å². The van der Waals surface area contributed by atoms with Crippen molar-refractivity contribution < 1.29 is 52.0 Å². The Kier molecular flexibility index (Phi) is 18.4. The summed E-state index contributed by atoms with van der Waals surface area (Å²) >= 11 is -2.21. The van der Waals surface area contributed by atoms with Gasteiger partial charge in [-0.25, -0.2) is 4.21 Å². The van der Waals surface area contributed by atoms with Crippen molar-refractivity contribution in [3.8, 4) is 0 Å². The molecule has 0 saturated carbocycles. The maximum atomic E-state index is 14.6. The van der Waals surface area contributed by atoms with Gasteiger partial charge in [-0.2, -0.15) is 4.58 Å². The first-order valence-electron chi connectivity index (χ1n) is 29.2. The van der Waals surface area contributed by atoms with Gasteiger partial charge in [-0.15, -0.1) is 0 Å². The van der Waals surface area contributed by atoms with Gasteiger partial charge in [0.1, 0.15) is 30.7 Å². The first kappa shape index (κ1) is 61.3. The van der Waals surface area contributed by atoms with Crippen molar-refractivity contribution in [1.82, 2.24) is 31.5 Å². The number of carboxylic acids is 1. The number of aryl methyl sites for hydroxylation is 1. The van der Waals surface area contributed by atoms with Gasteiger partial charge in [-0.3, -0.25) is 38.6 Å². The van der Waals surface area contributed by atoms with Crippen LogP contribution in [0.15, 0.2) is 107 Å². The number of benzene rings is 4. The number of hydrogen-bond acceptors (Lipinski definition) is 10. The van der Waals surface area contributed by atoms with Gasteiger partial charge in [0.15, 0.2) is 22.8 Å². The molecule has 4 aromatic rings. The van der Waals surface area contributed by atoms with Crippen LogP contribution in [0.1, 0.15) is 109 Å². The Bertz CT molecular complexity index is 3550. The van der Waals surface area contributed by atoms with E-state index in [1.807, 2.05) is 30.4 Å². The summed E-state index contributed by atoms with van der Waals surface area (Å²) in [5.41, 5.74) is 18.1. The fourth-order valence-corrected chi connectivity index (χ4v) is 14.1. The number of nitrogens with zero attached hydrogens (tertiary/aromatic N) is 4. The smallest absolute Gasteiger partial charge is 0.305 e. The molecule has 5 heterocycles. The minimum Gasteiger partial charge on any atom is -0.481 e. The largest absolute Gasteiger partial charge is 0.481 e. The molecule has 2 unspecified atom stereocenters. The molecule has 0 radical (unpaired) electrons. The molecule has 21 nitrogen and oxygen atoms in total. The van der Waals surface area contributed by atoms with Crippen LogP contribution in [0, 0.1) is 12.8 Å². The molecule has 9 rings (SSSR count). The highest BCUT2D eigenvalue weighted by atomic mass is 32.2. The number of aliphatic carboxylic acids is 1. The van der Waals surface area contributed by atoms with Gasteiger partial charge in [0, 0.05) is 84.3 Å². The fraction of sp³-hybridized carbons (Fsp3) is 0.444. The number of guanidine groups is 1. The number of fused-ring (bicyclic) bond motifs is 7. The molecule has 3 fully saturated rings. The monoisotopic (exact) mass is 1180 g/mol. The highest BCUT2D eigenvalue weighted by Crippen LogP contribution is 2.51. The quantitative estimate of drug-likeness (QED) is 0.0161. The van der Waals surface area contributed by atoms with Gasteiger partial charge >= 0.3 is 5.97 Å². The molecular weight excluding hydrogens is 1100 g/mol. The van der Waals surface area contributed by atoms with E-state index < -0.39 is 101 Å². The zero-order valence-corrected chi connectivity index (χ0v) is 49.9. The Morgan fingerprint density at radius 1 is 0.835 bits per heavy atom. The minimum atomic E-state index is -2.21. The summed E-state index contributed by atoms with van der Waals surface area (Å²) in [4.78, 5) is 103. The Hall–Kier alpha value is -8.24. The highest BCUT2D eigenvalue weighted by Gasteiger charge is 2.51. The van der Waals surface area contributed by atoms with Crippen LogP contribution in [0.4, 0.5) is 11.4 Å². The van der Waals surface area contributed by atoms with Crippen LogP contribution in [0.3, 0.4) is 0 Å². The molecule has 0 spiro atoms. The number of rotatable bonds is 18. The van der Waals surface area contributed by atoms with Crippen molar-refractivity contribution in [1.29, 1.82) is 0 Å². The first-order chi connectivity index (χ1) is 40.5. The van der Waals surface area contributed by atoms with Crippen LogP contribution in [-0.4, -0.2) is 139 Å². The highest BCUT2D eigenvalue weighted by molar-refractivity contribution is 7.79. The second kappa shape index (κ2) is 25.5. The lowest BCUT2D eigenvalue weighted by Crippen LogP contribution is -2.65. The third kappa shape index (κ3) is 12.6. The summed E-state index contributed by atoms with van der Waals surface area (Å²) in [5, 5.41) is 27.1. The van der Waals surface area contributed by atoms with E-state index in [0.29, 0.717) is 36.1 Å². The van der Waals surface area contributed by atoms with Gasteiger partial charge in [0.2, 0.25) is 41.1 Å². The third-order valence-electron chi connectivity index (χ3n) is 17.5. The lowest BCUT2D eigenvalue weighted by molar-refractivity contribution is -0.438. The molecule has 0 aliphatic carbocycles. The maximum absolute atomic E-state index is 14.6. The zero-order valence-electron chi connectivity index (χ0n) is 49.0. The fourth-order valence-electron chi connectivity index (χ4n) is 13.5. The van der Waals surface area contributed by atoms with Gasteiger partial charge in [0.05, 0.1) is 23.3 Å². The topological polar surface area (TPSA) is 311 Å². The standard InChI is InChI=1S/C63H77N11O10S/c1-7-72-45-28-25-39-36(2)16-13-17-41(39)54(45)62(3,4)49(72)21-9-8-10-22-50-63(5,6)55-42-18-14-20-48(85(83)84)40(42)26-29-46(55)73(50)31-12-11-23-51(75)67-34-37-32-38-24-27-47-59(81)70-43(19-15-30-66-61(64)65)57(79)68-35-52(76)69-44(33-53(77)78)58(80)71-56(37)60(82)74(38)47/h8-10,13-14,16-18,20-22,25-26,28-29,37-38,43-44,47,56H,7,11-12,15,19,23-24,27,30-35H2,1-6H3,(H10-,64,65,66,67,68,69,70,71,75,76,77,78,79,80,81,83,84)/p+1/t37-,38?,43-,44-,47-,56+/m0/s1. The molecule has 450 valence electrons. The average Bonchev–Trinajstić information content (AvgIpc) is 1.70. The lowest BCUT2D eigenvalue weighted by atomic mass is 9.79. The van der Waals surface area contributed by atoms with Crippen molar-refractivity contribution in [2.75, 3.05) is 37.6 Å². The zero-order chi connectivity index (χ0) is 61.1. The number of anilines is 1. The number of carbonyl (C=O) groups excluding carboxylic acids is 6. The van der Waals surface area contributed by atoms with Crippen molar-refractivity contribution in [3.05, 3.63) is 113 Å². The van der Waals surface area contributed by atoms with E-state index >= 15 is 0 Å². The summed E-state index contributed by atoms with van der Waals surface area (Å²) in [6.07, 6.45) is 12.1. The number of carbonyl (C=O) groups is 7. The number of nitrogens with one attached hydrogen (secondary N) is 5. The van der Waals surface area contributed by atoms with E-state index in [0.717, 1.165) is 28.9 Å². The van der Waals surface area contributed by atoms with Crippen molar-refractivity contribution in [3.63, 3.8) is 0 Å². The number of amides is 6. The molecule has 2 bridgehead atoms. The molecule has 0 aromatic heterocycles. The summed E-state index contributed by atoms with van der Waals surface area (Å²) in [5.74, 6) is -6.31. The normalized spacial score (nSPS) is 23.8. The van der Waals surface area contributed by atoms with E-state index in [4.69, 9.17) is 11.5 Å². The van der Waals surface area contributed by atoms with Crippen molar-refractivity contribution in [2.45, 2.75) is 145 Å².